The SMILES string of the molecule is CCCc1nc(C)c(-c2ccc(OC(C)C)cc2)c(=O)n1Cc1ccc(-c2ccccc2-c2noc(=O)[nH]2)cc1.[Na]. The van der Waals surface area contributed by atoms with E-state index in [0.29, 0.717) is 24.4 Å². The minimum atomic E-state index is -0.598. The largest absolute Gasteiger partial charge is 0.491 e. The number of aryl methyl sites for hydroxylation is 2. The molecular formula is C32H32N4NaO4. The van der Waals surface area contributed by atoms with Crippen molar-refractivity contribution in [1.29, 1.82) is 0 Å². The first kappa shape index (κ1) is 30.2. The van der Waals surface area contributed by atoms with E-state index in [2.05, 4.69) is 17.1 Å². The first-order valence-electron chi connectivity index (χ1n) is 13.5. The summed E-state index contributed by atoms with van der Waals surface area (Å²) in [5.74, 6) is 1.32. The van der Waals surface area contributed by atoms with Gasteiger partial charge in [0, 0.05) is 41.5 Å². The van der Waals surface area contributed by atoms with E-state index in [-0.39, 0.29) is 41.2 Å². The van der Waals surface area contributed by atoms with E-state index in [4.69, 9.17) is 14.2 Å². The summed E-state index contributed by atoms with van der Waals surface area (Å²) in [4.78, 5) is 32.9. The molecular weight excluding hydrogens is 527 g/mol. The van der Waals surface area contributed by atoms with E-state index in [1.807, 2.05) is 93.6 Å². The summed E-state index contributed by atoms with van der Waals surface area (Å²) in [6.45, 7) is 8.35. The molecule has 0 bridgehead atoms. The number of benzene rings is 3. The van der Waals surface area contributed by atoms with Gasteiger partial charge in [-0.15, -0.1) is 0 Å². The zero-order valence-electron chi connectivity index (χ0n) is 24.1. The fourth-order valence-electron chi connectivity index (χ4n) is 4.86. The van der Waals surface area contributed by atoms with Gasteiger partial charge in [0.25, 0.3) is 5.56 Å². The molecule has 3 aromatic carbocycles. The number of aromatic amines is 1. The predicted octanol–water partition coefficient (Wildman–Crippen LogP) is 5.64. The Hall–Kier alpha value is -3.72. The molecule has 0 amide bonds. The molecule has 1 N–H and O–H groups in total. The van der Waals surface area contributed by atoms with Gasteiger partial charge in [-0.05, 0) is 61.6 Å². The van der Waals surface area contributed by atoms with Gasteiger partial charge < -0.3 is 4.74 Å². The molecule has 2 aromatic heterocycles. The van der Waals surface area contributed by atoms with E-state index in [9.17, 15) is 9.59 Å². The number of nitrogens with one attached hydrogen (secondary N) is 1. The molecule has 0 saturated heterocycles. The van der Waals surface area contributed by atoms with Gasteiger partial charge in [-0.1, -0.05) is 72.7 Å². The molecule has 9 heteroatoms. The van der Waals surface area contributed by atoms with Crippen molar-refractivity contribution in [3.8, 4) is 39.4 Å². The third-order valence-electron chi connectivity index (χ3n) is 6.65. The Morgan fingerprint density at radius 1 is 0.927 bits per heavy atom. The van der Waals surface area contributed by atoms with Crippen LogP contribution in [-0.2, 0) is 13.0 Å². The molecule has 205 valence electrons. The van der Waals surface area contributed by atoms with Crippen molar-refractivity contribution < 1.29 is 9.26 Å². The smallest absolute Gasteiger partial charge is 0.439 e. The van der Waals surface area contributed by atoms with Crippen molar-refractivity contribution in [2.45, 2.75) is 53.2 Å². The average Bonchev–Trinajstić information content (AvgIpc) is 3.38. The van der Waals surface area contributed by atoms with Crippen LogP contribution in [-0.4, -0.2) is 55.4 Å². The second-order valence-corrected chi connectivity index (χ2v) is 10.0. The number of ether oxygens (including phenoxy) is 1. The van der Waals surface area contributed by atoms with Crippen LogP contribution in [0.3, 0.4) is 0 Å². The maximum atomic E-state index is 13.9. The molecule has 5 aromatic rings. The van der Waals surface area contributed by atoms with Gasteiger partial charge in [0.05, 0.1) is 23.9 Å². The van der Waals surface area contributed by atoms with Crippen LogP contribution in [0.1, 0.15) is 44.3 Å². The maximum absolute atomic E-state index is 13.9. The molecule has 1 radical (unpaired) electrons. The quantitative estimate of drug-likeness (QED) is 0.235. The summed E-state index contributed by atoms with van der Waals surface area (Å²) < 4.78 is 12.3. The van der Waals surface area contributed by atoms with Crippen LogP contribution in [0, 0.1) is 6.92 Å². The fraction of sp³-hybridized carbons (Fsp3) is 0.250. The number of aromatic nitrogens is 4. The molecule has 0 fully saturated rings. The third-order valence-corrected chi connectivity index (χ3v) is 6.65. The van der Waals surface area contributed by atoms with Crippen LogP contribution in [0.25, 0.3) is 33.6 Å². The summed E-state index contributed by atoms with van der Waals surface area (Å²) in [6.07, 6.45) is 1.66. The molecule has 2 heterocycles. The van der Waals surface area contributed by atoms with Crippen molar-refractivity contribution in [3.63, 3.8) is 0 Å². The van der Waals surface area contributed by atoms with Crippen molar-refractivity contribution in [2.24, 2.45) is 0 Å². The van der Waals surface area contributed by atoms with Gasteiger partial charge in [-0.25, -0.2) is 9.78 Å². The number of hydrogen-bond donors (Lipinski definition) is 1. The molecule has 8 nitrogen and oxygen atoms in total. The van der Waals surface area contributed by atoms with Crippen molar-refractivity contribution in [2.75, 3.05) is 0 Å². The van der Waals surface area contributed by atoms with Gasteiger partial charge in [0.1, 0.15) is 11.6 Å². The maximum Gasteiger partial charge on any atom is 0.439 e. The minimum Gasteiger partial charge on any atom is -0.491 e. The zero-order valence-corrected chi connectivity index (χ0v) is 26.1. The minimum absolute atomic E-state index is 0. The van der Waals surface area contributed by atoms with Gasteiger partial charge in [0.2, 0.25) is 0 Å². The predicted molar refractivity (Wildman–Crippen MR) is 161 cm³/mol. The monoisotopic (exact) mass is 559 g/mol. The number of hydrogen-bond acceptors (Lipinski definition) is 6. The van der Waals surface area contributed by atoms with E-state index in [1.54, 1.807) is 4.57 Å². The van der Waals surface area contributed by atoms with E-state index in [0.717, 1.165) is 51.5 Å². The van der Waals surface area contributed by atoms with Crippen molar-refractivity contribution in [3.05, 3.63) is 111 Å². The molecule has 0 aliphatic carbocycles. The van der Waals surface area contributed by atoms with Crippen LogP contribution in [0.4, 0.5) is 0 Å². The van der Waals surface area contributed by atoms with Gasteiger partial charge in [-0.3, -0.25) is 18.9 Å². The topological polar surface area (TPSA) is 103 Å². The summed E-state index contributed by atoms with van der Waals surface area (Å²) in [5.41, 5.74) is 5.69. The van der Waals surface area contributed by atoms with Crippen LogP contribution in [0.2, 0.25) is 0 Å². The first-order valence-corrected chi connectivity index (χ1v) is 13.5. The number of rotatable bonds is 9. The number of nitrogens with zero attached hydrogens (tertiary/aromatic N) is 3. The first-order chi connectivity index (χ1) is 19.3. The Kier molecular flexibility index (Phi) is 9.81. The van der Waals surface area contributed by atoms with Gasteiger partial charge in [0.15, 0.2) is 5.82 Å². The molecule has 0 saturated carbocycles. The van der Waals surface area contributed by atoms with Crippen molar-refractivity contribution in [1.82, 2.24) is 19.7 Å². The van der Waals surface area contributed by atoms with Crippen LogP contribution in [0.15, 0.2) is 86.9 Å². The Bertz CT molecular complexity index is 1740. The van der Waals surface area contributed by atoms with Crippen LogP contribution >= 0.6 is 0 Å². The molecule has 0 aliphatic heterocycles. The summed E-state index contributed by atoms with van der Waals surface area (Å²) in [7, 11) is 0. The molecule has 0 atom stereocenters. The van der Waals surface area contributed by atoms with E-state index < -0.39 is 5.76 Å². The Morgan fingerprint density at radius 2 is 1.59 bits per heavy atom. The standard InChI is InChI=1S/C32H32N4O4.Na/c1-5-8-28-33-21(4)29(24-15-17-25(18-16-24)39-20(2)3)31(37)36(28)19-22-11-13-23(14-12-22)26-9-6-7-10-27(26)30-34-32(38)40-35-30;/h6-7,9-18,20H,5,8,19H2,1-4H3,(H,34,35,38);. The van der Waals surface area contributed by atoms with E-state index >= 15 is 0 Å². The fourth-order valence-corrected chi connectivity index (χ4v) is 4.86. The van der Waals surface area contributed by atoms with Crippen LogP contribution < -0.4 is 16.1 Å². The Balaban J connectivity index is 0.00000387. The number of H-pyrrole nitrogens is 1. The second-order valence-electron chi connectivity index (χ2n) is 10.0. The molecule has 41 heavy (non-hydrogen) atoms. The van der Waals surface area contributed by atoms with E-state index in [1.165, 1.54) is 0 Å². The summed E-state index contributed by atoms with van der Waals surface area (Å²) >= 11 is 0. The van der Waals surface area contributed by atoms with Crippen LogP contribution in [0.5, 0.6) is 5.75 Å². The van der Waals surface area contributed by atoms with Gasteiger partial charge in [-0.2, -0.15) is 0 Å². The Morgan fingerprint density at radius 3 is 2.20 bits per heavy atom. The van der Waals surface area contributed by atoms with Gasteiger partial charge >= 0.3 is 5.76 Å². The normalized spacial score (nSPS) is 11.0. The zero-order chi connectivity index (χ0) is 28.2. The summed E-state index contributed by atoms with van der Waals surface area (Å²) in [6, 6.07) is 23.3. The average molecular weight is 560 g/mol. The summed E-state index contributed by atoms with van der Waals surface area (Å²) in [5, 5.41) is 3.84. The van der Waals surface area contributed by atoms with Crippen molar-refractivity contribution >= 4 is 29.6 Å². The second kappa shape index (κ2) is 13.3. The molecule has 0 unspecified atom stereocenters. The molecule has 0 spiro atoms. The molecule has 5 rings (SSSR count). The molecule has 0 aliphatic rings. The Labute approximate surface area is 260 Å². The third kappa shape index (κ3) is 6.78.